The molecule has 2 aromatic carbocycles. The van der Waals surface area contributed by atoms with Gasteiger partial charge in [-0.25, -0.2) is 9.48 Å². The molecular weight excluding hydrogens is 394 g/mol. The smallest absolute Gasteiger partial charge is 0.339 e. The lowest BCUT2D eigenvalue weighted by molar-refractivity contribution is 0.290. The van der Waals surface area contributed by atoms with Gasteiger partial charge in [-0.3, -0.25) is 0 Å². The van der Waals surface area contributed by atoms with Crippen LogP contribution in [0, 0.1) is 6.92 Å². The highest BCUT2D eigenvalue weighted by Crippen LogP contribution is 2.25. The number of rotatable bonds is 8. The van der Waals surface area contributed by atoms with Gasteiger partial charge in [-0.1, -0.05) is 43.3 Å². The summed E-state index contributed by atoms with van der Waals surface area (Å²) >= 11 is 0. The number of hydrogen-bond donors (Lipinski definition) is 0. The molecule has 0 saturated heterocycles. The second kappa shape index (κ2) is 9.04. The van der Waals surface area contributed by atoms with Crippen molar-refractivity contribution in [3.63, 3.8) is 0 Å². The minimum absolute atomic E-state index is 0.340. The maximum Gasteiger partial charge on any atom is 0.339 e. The quantitative estimate of drug-likeness (QED) is 0.392. The molecule has 31 heavy (non-hydrogen) atoms. The standard InChI is InChI=1S/C24H25N3O4/c1-16(2)18-9-8-17(3)22(12-18)30-15-19-14-27(26-25-19)10-11-29-23-13-24(28)31-21-7-5-4-6-20(21)23/h4-9,12-14,16H,10-11,15H2,1-3H3. The van der Waals surface area contributed by atoms with Gasteiger partial charge in [-0.2, -0.15) is 0 Å². The average molecular weight is 419 g/mol. The Morgan fingerprint density at radius 1 is 1.06 bits per heavy atom. The van der Waals surface area contributed by atoms with Crippen molar-refractivity contribution in [1.82, 2.24) is 15.0 Å². The highest BCUT2D eigenvalue weighted by molar-refractivity contribution is 5.82. The third-order valence-electron chi connectivity index (χ3n) is 5.03. The lowest BCUT2D eigenvalue weighted by atomic mass is 10.0. The molecule has 0 bridgehead atoms. The van der Waals surface area contributed by atoms with Crippen LogP contribution in [-0.4, -0.2) is 21.6 Å². The van der Waals surface area contributed by atoms with E-state index in [1.165, 1.54) is 11.6 Å². The fourth-order valence-corrected chi connectivity index (χ4v) is 3.25. The zero-order valence-electron chi connectivity index (χ0n) is 17.9. The molecule has 2 aromatic heterocycles. The number of para-hydroxylation sites is 1. The molecule has 4 aromatic rings. The second-order valence-electron chi connectivity index (χ2n) is 7.72. The van der Waals surface area contributed by atoms with Crippen molar-refractivity contribution < 1.29 is 13.9 Å². The third-order valence-corrected chi connectivity index (χ3v) is 5.03. The fraction of sp³-hybridized carbons (Fsp3) is 0.292. The predicted molar refractivity (Wildman–Crippen MR) is 118 cm³/mol. The first-order chi connectivity index (χ1) is 15.0. The number of aromatic nitrogens is 3. The summed E-state index contributed by atoms with van der Waals surface area (Å²) in [7, 11) is 0. The van der Waals surface area contributed by atoms with Crippen LogP contribution in [0.4, 0.5) is 0 Å². The van der Waals surface area contributed by atoms with Crippen molar-refractivity contribution in [2.45, 2.75) is 39.8 Å². The van der Waals surface area contributed by atoms with E-state index in [1.807, 2.05) is 31.3 Å². The number of hydrogen-bond acceptors (Lipinski definition) is 6. The fourth-order valence-electron chi connectivity index (χ4n) is 3.25. The first-order valence-corrected chi connectivity index (χ1v) is 10.3. The van der Waals surface area contributed by atoms with Crippen LogP contribution in [0.3, 0.4) is 0 Å². The van der Waals surface area contributed by atoms with Crippen LogP contribution in [0.5, 0.6) is 11.5 Å². The maximum absolute atomic E-state index is 11.7. The summed E-state index contributed by atoms with van der Waals surface area (Å²) < 4.78 is 18.7. The van der Waals surface area contributed by atoms with Gasteiger partial charge in [0.1, 0.15) is 36.0 Å². The van der Waals surface area contributed by atoms with Gasteiger partial charge in [-0.05, 0) is 42.2 Å². The van der Waals surface area contributed by atoms with Gasteiger partial charge in [0.05, 0.1) is 24.2 Å². The van der Waals surface area contributed by atoms with Gasteiger partial charge in [0.2, 0.25) is 0 Å². The Balaban J connectivity index is 1.35. The normalized spacial score (nSPS) is 11.2. The summed E-state index contributed by atoms with van der Waals surface area (Å²) in [6.07, 6.45) is 1.84. The van der Waals surface area contributed by atoms with Crippen LogP contribution in [0.15, 0.2) is 63.9 Å². The Morgan fingerprint density at radius 2 is 1.90 bits per heavy atom. The van der Waals surface area contributed by atoms with Crippen molar-refractivity contribution in [1.29, 1.82) is 0 Å². The van der Waals surface area contributed by atoms with Crippen LogP contribution < -0.4 is 15.1 Å². The molecule has 0 fully saturated rings. The summed E-state index contributed by atoms with van der Waals surface area (Å²) in [5, 5.41) is 9.07. The van der Waals surface area contributed by atoms with E-state index in [4.69, 9.17) is 13.9 Å². The van der Waals surface area contributed by atoms with E-state index < -0.39 is 5.63 Å². The number of fused-ring (bicyclic) bond motifs is 1. The summed E-state index contributed by atoms with van der Waals surface area (Å²) in [5.74, 6) is 1.80. The number of benzene rings is 2. The van der Waals surface area contributed by atoms with Gasteiger partial charge < -0.3 is 13.9 Å². The Kier molecular flexibility index (Phi) is 6.02. The molecule has 160 valence electrons. The number of aryl methyl sites for hydroxylation is 1. The number of nitrogens with zero attached hydrogens (tertiary/aromatic N) is 3. The van der Waals surface area contributed by atoms with Crippen LogP contribution in [-0.2, 0) is 13.2 Å². The molecule has 0 N–H and O–H groups in total. The summed E-state index contributed by atoms with van der Waals surface area (Å²) in [4.78, 5) is 11.7. The van der Waals surface area contributed by atoms with Gasteiger partial charge >= 0.3 is 5.63 Å². The third kappa shape index (κ3) is 4.94. The van der Waals surface area contributed by atoms with Crippen LogP contribution >= 0.6 is 0 Å². The van der Waals surface area contributed by atoms with Crippen molar-refractivity contribution in [3.8, 4) is 11.5 Å². The Hall–Kier alpha value is -3.61. The van der Waals surface area contributed by atoms with E-state index in [2.05, 4.69) is 42.4 Å². The molecule has 7 heteroatoms. The molecular formula is C24H25N3O4. The number of ether oxygens (including phenoxy) is 2. The monoisotopic (exact) mass is 419 g/mol. The Morgan fingerprint density at radius 3 is 2.74 bits per heavy atom. The molecule has 0 unspecified atom stereocenters. The molecule has 0 atom stereocenters. The Labute approximate surface area is 180 Å². The molecule has 4 rings (SSSR count). The lowest BCUT2D eigenvalue weighted by Crippen LogP contribution is -2.10. The summed E-state index contributed by atoms with van der Waals surface area (Å²) in [6.45, 7) is 7.52. The van der Waals surface area contributed by atoms with Gasteiger partial charge in [0.25, 0.3) is 0 Å². The van der Waals surface area contributed by atoms with E-state index in [1.54, 1.807) is 10.7 Å². The molecule has 0 aliphatic rings. The van der Waals surface area contributed by atoms with Crippen LogP contribution in [0.1, 0.15) is 36.6 Å². The first kappa shape index (κ1) is 20.7. The van der Waals surface area contributed by atoms with Crippen LogP contribution in [0.2, 0.25) is 0 Å². The predicted octanol–water partition coefficient (Wildman–Crippen LogP) is 4.47. The first-order valence-electron chi connectivity index (χ1n) is 10.3. The summed E-state index contributed by atoms with van der Waals surface area (Å²) in [5.41, 5.74) is 3.13. The minimum atomic E-state index is -0.439. The average Bonchev–Trinajstić information content (AvgIpc) is 3.20. The topological polar surface area (TPSA) is 79.4 Å². The van der Waals surface area contributed by atoms with E-state index in [0.29, 0.717) is 37.0 Å². The minimum Gasteiger partial charge on any atom is -0.491 e. The zero-order chi connectivity index (χ0) is 21.8. The maximum atomic E-state index is 11.7. The van der Waals surface area contributed by atoms with Crippen molar-refractivity contribution in [2.24, 2.45) is 0 Å². The SMILES string of the molecule is Cc1ccc(C(C)C)cc1OCc1cn(CCOc2cc(=O)oc3ccccc23)nn1. The second-order valence-corrected chi connectivity index (χ2v) is 7.72. The lowest BCUT2D eigenvalue weighted by Gasteiger charge is -2.11. The van der Waals surface area contributed by atoms with Crippen molar-refractivity contribution in [3.05, 3.63) is 82.0 Å². The molecule has 0 saturated carbocycles. The molecule has 0 spiro atoms. The highest BCUT2D eigenvalue weighted by atomic mass is 16.5. The summed E-state index contributed by atoms with van der Waals surface area (Å²) in [6, 6.07) is 14.9. The highest BCUT2D eigenvalue weighted by Gasteiger charge is 2.09. The van der Waals surface area contributed by atoms with Crippen molar-refractivity contribution >= 4 is 11.0 Å². The molecule has 7 nitrogen and oxygen atoms in total. The largest absolute Gasteiger partial charge is 0.491 e. The van der Waals surface area contributed by atoms with E-state index in [-0.39, 0.29) is 0 Å². The van der Waals surface area contributed by atoms with Gasteiger partial charge in [0.15, 0.2) is 0 Å². The van der Waals surface area contributed by atoms with Gasteiger partial charge in [-0.15, -0.1) is 5.10 Å². The van der Waals surface area contributed by atoms with E-state index in [0.717, 1.165) is 22.4 Å². The molecule has 0 aliphatic carbocycles. The molecule has 0 aliphatic heterocycles. The molecule has 0 amide bonds. The molecule has 2 heterocycles. The Bertz CT molecular complexity index is 1240. The van der Waals surface area contributed by atoms with E-state index >= 15 is 0 Å². The zero-order valence-corrected chi connectivity index (χ0v) is 17.9. The van der Waals surface area contributed by atoms with E-state index in [9.17, 15) is 4.79 Å². The molecule has 0 radical (unpaired) electrons. The van der Waals surface area contributed by atoms with Gasteiger partial charge in [0, 0.05) is 0 Å². The van der Waals surface area contributed by atoms with Crippen LogP contribution in [0.25, 0.3) is 11.0 Å². The van der Waals surface area contributed by atoms with Crippen molar-refractivity contribution in [2.75, 3.05) is 6.61 Å².